The minimum atomic E-state index is -1.57. The van der Waals surface area contributed by atoms with Crippen LogP contribution in [0, 0.1) is 0 Å². The molecule has 0 saturated carbocycles. The molecule has 0 amide bonds. The van der Waals surface area contributed by atoms with Gasteiger partial charge in [0.05, 0.1) is 12.6 Å². The van der Waals surface area contributed by atoms with Crippen LogP contribution in [0.3, 0.4) is 0 Å². The van der Waals surface area contributed by atoms with Crippen molar-refractivity contribution in [1.29, 1.82) is 0 Å². The quantitative estimate of drug-likeness (QED) is 0.211. The van der Waals surface area contributed by atoms with E-state index in [0.717, 1.165) is 6.92 Å². The van der Waals surface area contributed by atoms with Gasteiger partial charge in [-0.15, -0.1) is 0 Å². The monoisotopic (exact) mass is 205 g/mol. The first kappa shape index (κ1) is 13.0. The van der Waals surface area contributed by atoms with Crippen molar-refractivity contribution in [2.24, 2.45) is 5.73 Å². The summed E-state index contributed by atoms with van der Waals surface area (Å²) < 4.78 is 4.53. The van der Waals surface area contributed by atoms with E-state index >= 15 is 0 Å². The molecule has 0 aromatic heterocycles. The summed E-state index contributed by atoms with van der Waals surface area (Å²) in [5.74, 6) is -1.54. The van der Waals surface area contributed by atoms with E-state index in [2.05, 4.69) is 4.74 Å². The zero-order valence-corrected chi connectivity index (χ0v) is 7.97. The summed E-state index contributed by atoms with van der Waals surface area (Å²) in [6, 6.07) is -0.758. The Balaban J connectivity index is 3.47. The molecule has 0 rings (SSSR count). The first-order chi connectivity index (χ1) is 6.45. The highest BCUT2D eigenvalue weighted by Gasteiger charge is 2.12. The van der Waals surface area contributed by atoms with E-state index in [1.807, 2.05) is 0 Å². The summed E-state index contributed by atoms with van der Waals surface area (Å²) in [6.45, 7) is 1.17. The highest BCUT2D eigenvalue weighted by Crippen LogP contribution is 1.98. The third kappa shape index (κ3) is 5.63. The zero-order valence-electron chi connectivity index (χ0n) is 7.97. The second kappa shape index (κ2) is 6.47. The van der Waals surface area contributed by atoms with E-state index in [-0.39, 0.29) is 6.61 Å². The zero-order chi connectivity index (χ0) is 11.1. The number of carbonyl (C=O) groups excluding carboxylic acids is 2. The van der Waals surface area contributed by atoms with Crippen molar-refractivity contribution < 1.29 is 24.5 Å². The number of aliphatic hydroxyl groups is 2. The number of hydrogen-bond donors (Lipinski definition) is 3. The maximum Gasteiger partial charge on any atom is 0.374 e. The Morgan fingerprint density at radius 1 is 1.43 bits per heavy atom. The van der Waals surface area contributed by atoms with Gasteiger partial charge in [0, 0.05) is 6.92 Å². The summed E-state index contributed by atoms with van der Waals surface area (Å²) >= 11 is 0. The molecule has 0 aliphatic carbocycles. The predicted molar refractivity (Wildman–Crippen MR) is 47.1 cm³/mol. The van der Waals surface area contributed by atoms with Crippen molar-refractivity contribution in [2.75, 3.05) is 6.61 Å². The van der Waals surface area contributed by atoms with Crippen LogP contribution in [-0.2, 0) is 14.3 Å². The average Bonchev–Trinajstić information content (AvgIpc) is 2.11. The molecule has 0 fully saturated rings. The molecular weight excluding hydrogens is 190 g/mol. The Morgan fingerprint density at radius 3 is 2.43 bits per heavy atom. The van der Waals surface area contributed by atoms with Crippen molar-refractivity contribution in [3.8, 4) is 0 Å². The van der Waals surface area contributed by atoms with Crippen molar-refractivity contribution in [3.63, 3.8) is 0 Å². The number of carbonyl (C=O) groups is 2. The van der Waals surface area contributed by atoms with Crippen LogP contribution in [0.2, 0.25) is 0 Å². The maximum atomic E-state index is 10.6. The van der Waals surface area contributed by atoms with Crippen LogP contribution in [0.25, 0.3) is 0 Å². The van der Waals surface area contributed by atoms with Gasteiger partial charge in [0.1, 0.15) is 0 Å². The normalized spacial score (nSPS) is 12.6. The van der Waals surface area contributed by atoms with Gasteiger partial charge >= 0.3 is 5.97 Å². The fourth-order valence-electron chi connectivity index (χ4n) is 0.735. The van der Waals surface area contributed by atoms with Gasteiger partial charge in [-0.1, -0.05) is 0 Å². The van der Waals surface area contributed by atoms with Crippen molar-refractivity contribution >= 4 is 11.8 Å². The Bertz CT molecular complexity index is 204. The summed E-state index contributed by atoms with van der Waals surface area (Å²) in [4.78, 5) is 21.0. The lowest BCUT2D eigenvalue weighted by Crippen LogP contribution is -2.34. The summed E-state index contributed by atoms with van der Waals surface area (Å²) in [5, 5.41) is 17.2. The molecule has 6 nitrogen and oxygen atoms in total. The van der Waals surface area contributed by atoms with Gasteiger partial charge < -0.3 is 20.7 Å². The number of ketones is 1. The van der Waals surface area contributed by atoms with E-state index < -0.39 is 24.1 Å². The predicted octanol–water partition coefficient (Wildman–Crippen LogP) is -1.46. The smallest absolute Gasteiger partial charge is 0.374 e. The molecule has 0 aromatic rings. The van der Waals surface area contributed by atoms with Gasteiger partial charge in [0.25, 0.3) is 0 Å². The van der Waals surface area contributed by atoms with Gasteiger partial charge in [-0.3, -0.25) is 4.79 Å². The Labute approximate surface area is 81.7 Å². The molecule has 0 aromatic carbocycles. The van der Waals surface area contributed by atoms with Crippen molar-refractivity contribution in [2.45, 2.75) is 32.1 Å². The molecule has 1 unspecified atom stereocenters. The molecule has 0 bridgehead atoms. The van der Waals surface area contributed by atoms with E-state index in [1.165, 1.54) is 0 Å². The standard InChI is InChI=1S/C8H15NO5/c1-5(10)8(13)14-4-2-3-6(9)7(11)12/h6-7,11-12H,2-4,9H2,1H3. The Hall–Kier alpha value is -0.980. The summed E-state index contributed by atoms with van der Waals surface area (Å²) in [6.07, 6.45) is -0.876. The van der Waals surface area contributed by atoms with Gasteiger partial charge in [-0.25, -0.2) is 4.79 Å². The fourth-order valence-corrected chi connectivity index (χ4v) is 0.735. The van der Waals surface area contributed by atoms with Crippen molar-refractivity contribution in [3.05, 3.63) is 0 Å². The molecule has 0 radical (unpaired) electrons. The molecule has 14 heavy (non-hydrogen) atoms. The first-order valence-electron chi connectivity index (χ1n) is 4.24. The Kier molecular flexibility index (Phi) is 6.02. The highest BCUT2D eigenvalue weighted by molar-refractivity contribution is 6.32. The van der Waals surface area contributed by atoms with Crippen LogP contribution >= 0.6 is 0 Å². The third-order valence-corrected chi connectivity index (χ3v) is 1.59. The molecule has 0 aliphatic heterocycles. The minimum Gasteiger partial charge on any atom is -0.460 e. The van der Waals surface area contributed by atoms with Crippen LogP contribution in [-0.4, -0.2) is 40.9 Å². The van der Waals surface area contributed by atoms with E-state index in [4.69, 9.17) is 15.9 Å². The SMILES string of the molecule is CC(=O)C(=O)OCCCC(N)C(O)O. The fraction of sp³-hybridized carbons (Fsp3) is 0.750. The van der Waals surface area contributed by atoms with Crippen LogP contribution in [0.15, 0.2) is 0 Å². The Morgan fingerprint density at radius 2 is 2.00 bits per heavy atom. The second-order valence-corrected chi connectivity index (χ2v) is 2.91. The number of esters is 1. The number of Topliss-reactive ketones (excluding diaryl/α,β-unsaturated/α-hetero) is 1. The first-order valence-corrected chi connectivity index (χ1v) is 4.24. The number of hydrogen-bond acceptors (Lipinski definition) is 6. The van der Waals surface area contributed by atoms with Gasteiger partial charge in [-0.2, -0.15) is 0 Å². The molecular formula is C8H15NO5. The second-order valence-electron chi connectivity index (χ2n) is 2.91. The summed E-state index contributed by atoms with van der Waals surface area (Å²) in [7, 11) is 0. The highest BCUT2D eigenvalue weighted by atomic mass is 16.5. The largest absolute Gasteiger partial charge is 0.460 e. The minimum absolute atomic E-state index is 0.0544. The lowest BCUT2D eigenvalue weighted by atomic mass is 10.2. The summed E-state index contributed by atoms with van der Waals surface area (Å²) in [5.41, 5.74) is 5.29. The van der Waals surface area contributed by atoms with Crippen molar-refractivity contribution in [1.82, 2.24) is 0 Å². The number of ether oxygens (including phenoxy) is 1. The maximum absolute atomic E-state index is 10.6. The third-order valence-electron chi connectivity index (χ3n) is 1.59. The van der Waals surface area contributed by atoms with E-state index in [1.54, 1.807) is 0 Å². The average molecular weight is 205 g/mol. The van der Waals surface area contributed by atoms with Gasteiger partial charge in [0.2, 0.25) is 5.78 Å². The van der Waals surface area contributed by atoms with Crippen LogP contribution < -0.4 is 5.73 Å². The lowest BCUT2D eigenvalue weighted by Gasteiger charge is -2.12. The topological polar surface area (TPSA) is 110 Å². The molecule has 0 saturated heterocycles. The molecule has 82 valence electrons. The molecule has 6 heteroatoms. The molecule has 0 heterocycles. The number of nitrogens with two attached hydrogens (primary N) is 1. The van der Waals surface area contributed by atoms with E-state index in [9.17, 15) is 9.59 Å². The van der Waals surface area contributed by atoms with Gasteiger partial charge in [0.15, 0.2) is 6.29 Å². The van der Waals surface area contributed by atoms with Crippen LogP contribution in [0.4, 0.5) is 0 Å². The number of aliphatic hydroxyl groups excluding tert-OH is 1. The molecule has 4 N–H and O–H groups in total. The molecule has 1 atom stereocenters. The molecule has 0 aliphatic rings. The number of rotatable bonds is 6. The van der Waals surface area contributed by atoms with Crippen LogP contribution in [0.5, 0.6) is 0 Å². The van der Waals surface area contributed by atoms with E-state index in [0.29, 0.717) is 12.8 Å². The van der Waals surface area contributed by atoms with Gasteiger partial charge in [-0.05, 0) is 12.8 Å². The van der Waals surface area contributed by atoms with Crippen LogP contribution in [0.1, 0.15) is 19.8 Å². The molecule has 0 spiro atoms. The lowest BCUT2D eigenvalue weighted by molar-refractivity contribution is -0.153.